The first kappa shape index (κ1) is 21.2. The second-order valence-electron chi connectivity index (χ2n) is 7.16. The van der Waals surface area contributed by atoms with E-state index in [-0.39, 0.29) is 7.92 Å². The Morgan fingerprint density at radius 1 is 0.615 bits per heavy atom. The summed E-state index contributed by atoms with van der Waals surface area (Å²) >= 11 is 0. The molecule has 0 fully saturated rings. The lowest BCUT2D eigenvalue weighted by Gasteiger charge is -2.18. The summed E-state index contributed by atoms with van der Waals surface area (Å²) in [5.74, 6) is 0. The molecule has 0 aliphatic carbocycles. The van der Waals surface area contributed by atoms with Crippen molar-refractivity contribution in [3.05, 3.63) is 60.7 Å². The Balaban J connectivity index is 1.64. The predicted octanol–water partition coefficient (Wildman–Crippen LogP) is 6.80. The van der Waals surface area contributed by atoms with Crippen molar-refractivity contribution in [3.8, 4) is 0 Å². The van der Waals surface area contributed by atoms with Crippen molar-refractivity contribution in [1.29, 1.82) is 0 Å². The Hall–Kier alpha value is -1.07. The molecule has 0 aliphatic heterocycles. The van der Waals surface area contributed by atoms with E-state index in [0.29, 0.717) is 0 Å². The zero-order chi connectivity index (χ0) is 18.3. The summed E-state index contributed by atoms with van der Waals surface area (Å²) in [4.78, 5) is 0. The van der Waals surface area contributed by atoms with Gasteiger partial charge in [0, 0.05) is 0 Å². The van der Waals surface area contributed by atoms with Gasteiger partial charge in [-0.2, -0.15) is 0 Å². The van der Waals surface area contributed by atoms with Crippen molar-refractivity contribution in [2.45, 2.75) is 70.9 Å². The monoisotopic (exact) mass is 365 g/mol. The lowest BCUT2D eigenvalue weighted by atomic mass is 9.68. The van der Waals surface area contributed by atoms with Crippen molar-refractivity contribution in [3.63, 3.8) is 0 Å². The maximum absolute atomic E-state index is 2.53. The largest absolute Gasteiger partial charge is 0.109 e. The average molecular weight is 365 g/mol. The minimum Gasteiger partial charge on any atom is -0.0803 e. The lowest BCUT2D eigenvalue weighted by Crippen LogP contribution is -2.13. The maximum Gasteiger partial charge on any atom is 0.109 e. The molecule has 2 aromatic rings. The smallest absolute Gasteiger partial charge is 0.0803 e. The summed E-state index contributed by atoms with van der Waals surface area (Å²) in [6, 6.07) is 22.2. The summed E-state index contributed by atoms with van der Waals surface area (Å²) in [6.07, 6.45) is 15.0. The minimum atomic E-state index is -0.201. The van der Waals surface area contributed by atoms with Crippen LogP contribution in [0.15, 0.2) is 60.7 Å². The van der Waals surface area contributed by atoms with E-state index < -0.39 is 0 Å². The Kier molecular flexibility index (Phi) is 11.5. The first-order valence-corrected chi connectivity index (χ1v) is 12.1. The molecule has 1 radical (unpaired) electrons. The highest BCUT2D eigenvalue weighted by Gasteiger charge is 2.12. The van der Waals surface area contributed by atoms with E-state index in [1.807, 2.05) is 0 Å². The molecule has 26 heavy (non-hydrogen) atoms. The van der Waals surface area contributed by atoms with E-state index >= 15 is 0 Å². The molecule has 0 aliphatic rings. The molecule has 0 atom stereocenters. The van der Waals surface area contributed by atoms with Crippen LogP contribution in [0, 0.1) is 0 Å². The van der Waals surface area contributed by atoms with Crippen LogP contribution in [-0.4, -0.2) is 13.4 Å². The highest BCUT2D eigenvalue weighted by Crippen LogP contribution is 2.34. The molecule has 0 saturated carbocycles. The molecule has 0 nitrogen and oxygen atoms in total. The fraction of sp³-hybridized carbons (Fsp3) is 0.500. The van der Waals surface area contributed by atoms with Crippen LogP contribution in [0.3, 0.4) is 0 Å². The van der Waals surface area contributed by atoms with Gasteiger partial charge in [0.2, 0.25) is 0 Å². The molecule has 2 rings (SSSR count). The van der Waals surface area contributed by atoms with E-state index in [1.54, 1.807) is 0 Å². The number of benzene rings is 2. The highest BCUT2D eigenvalue weighted by atomic mass is 31.1. The van der Waals surface area contributed by atoms with E-state index in [4.69, 9.17) is 0 Å². The third kappa shape index (κ3) is 8.55. The Morgan fingerprint density at radius 3 is 1.69 bits per heavy atom. The van der Waals surface area contributed by atoms with Crippen LogP contribution in [0.1, 0.15) is 58.3 Å². The molecule has 0 amide bonds. The number of unbranched alkanes of at least 4 members (excludes halogenated alkanes) is 6. The first-order chi connectivity index (χ1) is 12.9. The van der Waals surface area contributed by atoms with Crippen LogP contribution >= 0.6 is 7.92 Å². The quantitative estimate of drug-likeness (QED) is 0.196. The first-order valence-electron chi connectivity index (χ1n) is 10.6. The maximum atomic E-state index is 2.53. The van der Waals surface area contributed by atoms with Crippen molar-refractivity contribution in [2.75, 3.05) is 6.16 Å². The lowest BCUT2D eigenvalue weighted by molar-refractivity contribution is 0.623. The van der Waals surface area contributed by atoms with Gasteiger partial charge in [-0.25, -0.2) is 0 Å². The highest BCUT2D eigenvalue weighted by molar-refractivity contribution is 7.73. The molecule has 0 heterocycles. The summed E-state index contributed by atoms with van der Waals surface area (Å²) in [7, 11) is 2.33. The van der Waals surface area contributed by atoms with Crippen LogP contribution < -0.4 is 10.6 Å². The molecular formula is C24H35BP. The van der Waals surface area contributed by atoms with Crippen LogP contribution in [0.25, 0.3) is 0 Å². The SMILES string of the molecule is CCCCCCCC[B]CCCCP(c1ccccc1)c1ccccc1. The molecule has 0 saturated heterocycles. The molecule has 0 spiro atoms. The van der Waals surface area contributed by atoms with Crippen molar-refractivity contribution in [1.82, 2.24) is 0 Å². The van der Waals surface area contributed by atoms with Gasteiger partial charge in [0.05, 0.1) is 0 Å². The average Bonchev–Trinajstić information content (AvgIpc) is 2.70. The second-order valence-corrected chi connectivity index (χ2v) is 9.50. The van der Waals surface area contributed by atoms with Crippen LogP contribution in [0.5, 0.6) is 0 Å². The zero-order valence-electron chi connectivity index (χ0n) is 16.6. The van der Waals surface area contributed by atoms with Gasteiger partial charge in [-0.05, 0) is 31.1 Å². The summed E-state index contributed by atoms with van der Waals surface area (Å²) in [5.41, 5.74) is 0. The van der Waals surface area contributed by atoms with Gasteiger partial charge in [0.25, 0.3) is 0 Å². The standard InChI is InChI=1S/C24H35BP/c1-2-3-4-5-6-13-20-25-21-14-15-22-26(23-16-9-7-10-17-23)24-18-11-8-12-19-24/h7-12,16-19H,2-6,13-15,20-22H2,1H3. The fourth-order valence-electron chi connectivity index (χ4n) is 3.40. The van der Waals surface area contributed by atoms with Crippen LogP contribution in [0.4, 0.5) is 0 Å². The van der Waals surface area contributed by atoms with E-state index in [0.717, 1.165) is 0 Å². The van der Waals surface area contributed by atoms with E-state index in [2.05, 4.69) is 74.9 Å². The molecule has 0 unspecified atom stereocenters. The second kappa shape index (κ2) is 14.0. The summed E-state index contributed by atoms with van der Waals surface area (Å²) in [6.45, 7) is 2.29. The molecule has 139 valence electrons. The molecular weight excluding hydrogens is 330 g/mol. The normalized spacial score (nSPS) is 11.0. The minimum absolute atomic E-state index is 0.201. The third-order valence-electron chi connectivity index (χ3n) is 4.94. The van der Waals surface area contributed by atoms with Gasteiger partial charge in [-0.1, -0.05) is 125 Å². The van der Waals surface area contributed by atoms with Gasteiger partial charge in [-0.15, -0.1) is 0 Å². The van der Waals surface area contributed by atoms with Crippen molar-refractivity contribution in [2.24, 2.45) is 0 Å². The molecule has 2 aromatic carbocycles. The number of hydrogen-bond acceptors (Lipinski definition) is 0. The summed E-state index contributed by atoms with van der Waals surface area (Å²) < 4.78 is 0. The zero-order valence-corrected chi connectivity index (χ0v) is 17.5. The van der Waals surface area contributed by atoms with Crippen molar-refractivity contribution >= 4 is 25.8 Å². The van der Waals surface area contributed by atoms with Crippen LogP contribution in [-0.2, 0) is 0 Å². The predicted molar refractivity (Wildman–Crippen MR) is 122 cm³/mol. The molecule has 0 aromatic heterocycles. The number of hydrogen-bond donors (Lipinski definition) is 0. The Morgan fingerprint density at radius 2 is 1.12 bits per heavy atom. The molecule has 0 bridgehead atoms. The molecule has 2 heteroatoms. The van der Waals surface area contributed by atoms with Gasteiger partial charge < -0.3 is 0 Å². The van der Waals surface area contributed by atoms with Crippen molar-refractivity contribution < 1.29 is 0 Å². The topological polar surface area (TPSA) is 0 Å². The third-order valence-corrected chi connectivity index (χ3v) is 7.54. The fourth-order valence-corrected chi connectivity index (χ4v) is 5.81. The van der Waals surface area contributed by atoms with Crippen LogP contribution in [0.2, 0.25) is 12.6 Å². The number of rotatable bonds is 14. The van der Waals surface area contributed by atoms with Gasteiger partial charge in [0.1, 0.15) is 7.28 Å². The Labute approximate surface area is 163 Å². The van der Waals surface area contributed by atoms with E-state index in [9.17, 15) is 0 Å². The van der Waals surface area contributed by atoms with Gasteiger partial charge >= 0.3 is 0 Å². The molecule has 0 N–H and O–H groups in total. The van der Waals surface area contributed by atoms with Gasteiger partial charge in [0.15, 0.2) is 0 Å². The van der Waals surface area contributed by atoms with Gasteiger partial charge in [-0.3, -0.25) is 0 Å². The van der Waals surface area contributed by atoms with E-state index in [1.165, 1.54) is 80.8 Å². The summed E-state index contributed by atoms with van der Waals surface area (Å²) in [5, 5.41) is 3.04. The Bertz CT molecular complexity index is 515.